The molecule has 82 valence electrons. The average molecular weight is 223 g/mol. The van der Waals surface area contributed by atoms with Crippen LogP contribution in [0.1, 0.15) is 18.5 Å². The summed E-state index contributed by atoms with van der Waals surface area (Å²) in [4.78, 5) is 14.7. The second kappa shape index (κ2) is 5.33. The van der Waals surface area contributed by atoms with E-state index in [1.54, 1.807) is 18.7 Å². The standard InChI is InChI=1S/C12H17NOS/c1-9(14)12(13(2)3)10-5-7-11(15-4)8-6-10/h5-8,12H,1-4H3. The molecule has 1 aromatic rings. The molecule has 0 aliphatic carbocycles. The first kappa shape index (κ1) is 12.3. The maximum atomic E-state index is 11.5. The van der Waals surface area contributed by atoms with Gasteiger partial charge in [0, 0.05) is 4.90 Å². The Morgan fingerprint density at radius 3 is 2.13 bits per heavy atom. The van der Waals surface area contributed by atoms with Gasteiger partial charge >= 0.3 is 0 Å². The van der Waals surface area contributed by atoms with E-state index < -0.39 is 0 Å². The van der Waals surface area contributed by atoms with Crippen molar-refractivity contribution in [2.75, 3.05) is 20.4 Å². The summed E-state index contributed by atoms with van der Waals surface area (Å²) in [6.07, 6.45) is 2.05. The number of thioether (sulfide) groups is 1. The van der Waals surface area contributed by atoms with Gasteiger partial charge in [0.25, 0.3) is 0 Å². The molecule has 0 amide bonds. The van der Waals surface area contributed by atoms with E-state index in [0.717, 1.165) is 5.56 Å². The molecule has 0 aromatic heterocycles. The zero-order valence-electron chi connectivity index (χ0n) is 9.65. The van der Waals surface area contributed by atoms with Crippen molar-refractivity contribution in [1.29, 1.82) is 0 Å². The third kappa shape index (κ3) is 3.08. The van der Waals surface area contributed by atoms with Gasteiger partial charge in [-0.3, -0.25) is 9.69 Å². The predicted molar refractivity (Wildman–Crippen MR) is 65.3 cm³/mol. The van der Waals surface area contributed by atoms with Gasteiger partial charge in [-0.25, -0.2) is 0 Å². The molecule has 0 saturated carbocycles. The second-order valence-corrected chi connectivity index (χ2v) is 4.63. The van der Waals surface area contributed by atoms with Gasteiger partial charge in [-0.1, -0.05) is 12.1 Å². The zero-order chi connectivity index (χ0) is 11.4. The molecule has 0 radical (unpaired) electrons. The Labute approximate surface area is 95.7 Å². The lowest BCUT2D eigenvalue weighted by molar-refractivity contribution is -0.121. The van der Waals surface area contributed by atoms with E-state index in [-0.39, 0.29) is 11.8 Å². The van der Waals surface area contributed by atoms with Gasteiger partial charge in [0.15, 0.2) is 5.78 Å². The average Bonchev–Trinajstić information content (AvgIpc) is 2.18. The van der Waals surface area contributed by atoms with E-state index in [1.165, 1.54) is 4.90 Å². The number of rotatable bonds is 4. The van der Waals surface area contributed by atoms with E-state index in [2.05, 4.69) is 12.1 Å². The van der Waals surface area contributed by atoms with Crippen molar-refractivity contribution in [3.8, 4) is 0 Å². The van der Waals surface area contributed by atoms with Gasteiger partial charge in [-0.05, 0) is 45.0 Å². The molecule has 1 aromatic carbocycles. The molecule has 3 heteroatoms. The number of likely N-dealkylation sites (N-methyl/N-ethyl adjacent to an activating group) is 1. The Balaban J connectivity index is 2.97. The maximum Gasteiger partial charge on any atom is 0.151 e. The van der Waals surface area contributed by atoms with E-state index in [9.17, 15) is 4.79 Å². The van der Waals surface area contributed by atoms with Crippen molar-refractivity contribution in [3.05, 3.63) is 29.8 Å². The molecule has 2 nitrogen and oxygen atoms in total. The Morgan fingerprint density at radius 2 is 1.80 bits per heavy atom. The number of hydrogen-bond acceptors (Lipinski definition) is 3. The number of carbonyl (C=O) groups excluding carboxylic acids is 1. The molecule has 15 heavy (non-hydrogen) atoms. The number of nitrogens with zero attached hydrogens (tertiary/aromatic N) is 1. The highest BCUT2D eigenvalue weighted by Crippen LogP contribution is 2.22. The van der Waals surface area contributed by atoms with E-state index >= 15 is 0 Å². The fraction of sp³-hybridized carbons (Fsp3) is 0.417. The van der Waals surface area contributed by atoms with Crippen LogP contribution in [0.3, 0.4) is 0 Å². The van der Waals surface area contributed by atoms with Crippen LogP contribution in [0.2, 0.25) is 0 Å². The van der Waals surface area contributed by atoms with E-state index in [0.29, 0.717) is 0 Å². The minimum Gasteiger partial charge on any atom is -0.298 e. The van der Waals surface area contributed by atoms with Gasteiger partial charge in [0.1, 0.15) is 0 Å². The van der Waals surface area contributed by atoms with E-state index in [1.807, 2.05) is 37.4 Å². The van der Waals surface area contributed by atoms with Gasteiger partial charge in [0.05, 0.1) is 6.04 Å². The summed E-state index contributed by atoms with van der Waals surface area (Å²) >= 11 is 1.71. The Kier molecular flexibility index (Phi) is 4.36. The zero-order valence-corrected chi connectivity index (χ0v) is 10.5. The first-order chi connectivity index (χ1) is 7.06. The largest absolute Gasteiger partial charge is 0.298 e. The van der Waals surface area contributed by atoms with Crippen molar-refractivity contribution in [3.63, 3.8) is 0 Å². The van der Waals surface area contributed by atoms with Crippen LogP contribution < -0.4 is 0 Å². The summed E-state index contributed by atoms with van der Waals surface area (Å²) < 4.78 is 0. The maximum absolute atomic E-state index is 11.5. The van der Waals surface area contributed by atoms with Crippen molar-refractivity contribution in [1.82, 2.24) is 4.90 Å². The van der Waals surface area contributed by atoms with Crippen molar-refractivity contribution in [2.24, 2.45) is 0 Å². The molecule has 0 bridgehead atoms. The highest BCUT2D eigenvalue weighted by Gasteiger charge is 2.18. The first-order valence-corrected chi connectivity index (χ1v) is 6.09. The molecule has 0 spiro atoms. The van der Waals surface area contributed by atoms with Crippen LogP contribution in [0.5, 0.6) is 0 Å². The van der Waals surface area contributed by atoms with Crippen molar-refractivity contribution in [2.45, 2.75) is 17.9 Å². The Hall–Kier alpha value is -0.800. The van der Waals surface area contributed by atoms with Gasteiger partial charge in [0.2, 0.25) is 0 Å². The SMILES string of the molecule is CSc1ccc(C(C(C)=O)N(C)C)cc1. The van der Waals surface area contributed by atoms with Crippen LogP contribution in [0.15, 0.2) is 29.2 Å². The van der Waals surface area contributed by atoms with Crippen LogP contribution in [-0.4, -0.2) is 31.0 Å². The summed E-state index contributed by atoms with van der Waals surface area (Å²) in [7, 11) is 3.85. The summed E-state index contributed by atoms with van der Waals surface area (Å²) in [6, 6.07) is 8.04. The highest BCUT2D eigenvalue weighted by molar-refractivity contribution is 7.98. The minimum absolute atomic E-state index is 0.124. The third-order valence-electron chi connectivity index (χ3n) is 2.33. The fourth-order valence-electron chi connectivity index (χ4n) is 1.68. The monoisotopic (exact) mass is 223 g/mol. The summed E-state index contributed by atoms with van der Waals surface area (Å²) in [5.41, 5.74) is 1.06. The molecule has 0 saturated heterocycles. The molecule has 0 heterocycles. The quantitative estimate of drug-likeness (QED) is 0.732. The Bertz CT molecular complexity index is 332. The van der Waals surface area contributed by atoms with E-state index in [4.69, 9.17) is 0 Å². The molecule has 1 atom stereocenters. The Morgan fingerprint density at radius 1 is 1.27 bits per heavy atom. The van der Waals surface area contributed by atoms with Gasteiger partial charge < -0.3 is 0 Å². The van der Waals surface area contributed by atoms with Crippen LogP contribution in [0.25, 0.3) is 0 Å². The van der Waals surface area contributed by atoms with Crippen LogP contribution >= 0.6 is 11.8 Å². The lowest BCUT2D eigenvalue weighted by atomic mass is 10.0. The lowest BCUT2D eigenvalue weighted by Crippen LogP contribution is -2.25. The lowest BCUT2D eigenvalue weighted by Gasteiger charge is -2.22. The molecule has 0 N–H and O–H groups in total. The minimum atomic E-state index is -0.124. The van der Waals surface area contributed by atoms with Gasteiger partial charge in [-0.2, -0.15) is 0 Å². The van der Waals surface area contributed by atoms with Crippen LogP contribution in [0.4, 0.5) is 0 Å². The number of ketones is 1. The molecule has 1 unspecified atom stereocenters. The number of hydrogen-bond donors (Lipinski definition) is 0. The summed E-state index contributed by atoms with van der Waals surface area (Å²) in [5, 5.41) is 0. The first-order valence-electron chi connectivity index (χ1n) is 4.87. The van der Waals surface area contributed by atoms with Crippen molar-refractivity contribution < 1.29 is 4.79 Å². The van der Waals surface area contributed by atoms with Crippen molar-refractivity contribution >= 4 is 17.5 Å². The van der Waals surface area contributed by atoms with Crippen LogP contribution in [-0.2, 0) is 4.79 Å². The smallest absolute Gasteiger partial charge is 0.151 e. The molecule has 0 aliphatic rings. The molecular formula is C12H17NOS. The molecule has 0 fully saturated rings. The highest BCUT2D eigenvalue weighted by atomic mass is 32.2. The molecule has 0 aliphatic heterocycles. The second-order valence-electron chi connectivity index (χ2n) is 3.75. The third-order valence-corrected chi connectivity index (χ3v) is 3.08. The summed E-state index contributed by atoms with van der Waals surface area (Å²) in [6.45, 7) is 1.63. The number of benzene rings is 1. The predicted octanol–water partition coefficient (Wildman–Crippen LogP) is 2.60. The number of Topliss-reactive ketones (excluding diaryl/α,β-unsaturated/α-hetero) is 1. The number of carbonyl (C=O) groups is 1. The summed E-state index contributed by atoms with van der Waals surface area (Å²) in [5.74, 6) is 0.178. The molecular weight excluding hydrogens is 206 g/mol. The topological polar surface area (TPSA) is 20.3 Å². The van der Waals surface area contributed by atoms with Gasteiger partial charge in [-0.15, -0.1) is 11.8 Å². The normalized spacial score (nSPS) is 12.9. The molecule has 1 rings (SSSR count). The van der Waals surface area contributed by atoms with Crippen LogP contribution in [0, 0.1) is 0 Å². The fourth-order valence-corrected chi connectivity index (χ4v) is 2.09.